The number of nitrogens with two attached hydrogens (primary N) is 1. The molecule has 0 amide bonds. The maximum Gasteiger partial charge on any atom is 0.341 e. The lowest BCUT2D eigenvalue weighted by Gasteiger charge is -2.11. The second-order valence-corrected chi connectivity index (χ2v) is 5.48. The Morgan fingerprint density at radius 1 is 1.31 bits per heavy atom. The summed E-state index contributed by atoms with van der Waals surface area (Å²) in [7, 11) is -4.54. The number of sulfone groups is 1. The van der Waals surface area contributed by atoms with E-state index in [1.807, 2.05) is 0 Å². The number of halogens is 2. The van der Waals surface area contributed by atoms with E-state index in [0.29, 0.717) is 5.56 Å². The third kappa shape index (κ3) is 2.76. The van der Waals surface area contributed by atoms with Crippen molar-refractivity contribution in [3.63, 3.8) is 0 Å². The topological polar surface area (TPSA) is 60.2 Å². The molecule has 3 nitrogen and oxygen atoms in total. The second kappa shape index (κ2) is 4.88. The molecular weight excluding hydrogens is 236 g/mol. The molecule has 0 fully saturated rings. The van der Waals surface area contributed by atoms with Gasteiger partial charge in [-0.3, -0.25) is 0 Å². The highest BCUT2D eigenvalue weighted by molar-refractivity contribution is 7.91. The van der Waals surface area contributed by atoms with E-state index >= 15 is 0 Å². The minimum absolute atomic E-state index is 0.252. The highest BCUT2D eigenvalue weighted by atomic mass is 32.2. The van der Waals surface area contributed by atoms with Gasteiger partial charge in [0.25, 0.3) is 0 Å². The van der Waals surface area contributed by atoms with E-state index in [1.165, 1.54) is 18.2 Å². The monoisotopic (exact) mass is 249 g/mol. The van der Waals surface area contributed by atoms with Gasteiger partial charge in [0.1, 0.15) is 0 Å². The first-order valence-corrected chi connectivity index (χ1v) is 6.26. The van der Waals surface area contributed by atoms with Gasteiger partial charge in [-0.1, -0.05) is 18.2 Å². The summed E-state index contributed by atoms with van der Waals surface area (Å²) < 4.78 is 47.5. The quantitative estimate of drug-likeness (QED) is 0.881. The molecule has 1 rings (SSSR count). The predicted molar refractivity (Wildman–Crippen MR) is 57.0 cm³/mol. The fourth-order valence-electron chi connectivity index (χ4n) is 1.39. The number of hydrogen-bond donors (Lipinski definition) is 1. The average molecular weight is 249 g/mol. The molecule has 0 saturated carbocycles. The summed E-state index contributed by atoms with van der Waals surface area (Å²) in [5.41, 5.74) is 5.86. The lowest BCUT2D eigenvalue weighted by Crippen LogP contribution is -2.21. The van der Waals surface area contributed by atoms with Crippen molar-refractivity contribution < 1.29 is 17.2 Å². The van der Waals surface area contributed by atoms with Crippen LogP contribution in [0, 0.1) is 0 Å². The van der Waals surface area contributed by atoms with Gasteiger partial charge in [0.2, 0.25) is 9.84 Å². The van der Waals surface area contributed by atoms with Gasteiger partial charge in [0, 0.05) is 6.04 Å². The maximum absolute atomic E-state index is 12.4. The normalized spacial score (nSPS) is 14.1. The van der Waals surface area contributed by atoms with Gasteiger partial charge in [-0.25, -0.2) is 8.42 Å². The van der Waals surface area contributed by atoms with Crippen molar-refractivity contribution in [2.45, 2.75) is 30.0 Å². The number of alkyl halides is 2. The minimum Gasteiger partial charge on any atom is -0.328 e. The molecule has 0 aliphatic heterocycles. The summed E-state index contributed by atoms with van der Waals surface area (Å²) >= 11 is 0. The Balaban J connectivity index is 3.24. The van der Waals surface area contributed by atoms with Crippen molar-refractivity contribution in [3.8, 4) is 0 Å². The van der Waals surface area contributed by atoms with Crippen LogP contribution in [0.15, 0.2) is 29.2 Å². The SMILES string of the molecule is CC(N)Cc1ccccc1S(=O)(=O)C(F)F. The molecule has 0 saturated heterocycles. The van der Waals surface area contributed by atoms with Crippen molar-refractivity contribution in [3.05, 3.63) is 29.8 Å². The molecule has 0 aromatic heterocycles. The summed E-state index contributed by atoms with van der Waals surface area (Å²) in [6.07, 6.45) is 0.252. The van der Waals surface area contributed by atoms with E-state index in [-0.39, 0.29) is 17.4 Å². The summed E-state index contributed by atoms with van der Waals surface area (Å²) in [6.45, 7) is 1.69. The minimum atomic E-state index is -4.54. The van der Waals surface area contributed by atoms with Gasteiger partial charge in [-0.2, -0.15) is 8.78 Å². The van der Waals surface area contributed by atoms with Crippen LogP contribution >= 0.6 is 0 Å². The number of rotatable bonds is 4. The molecule has 2 N–H and O–H groups in total. The van der Waals surface area contributed by atoms with Crippen molar-refractivity contribution in [2.75, 3.05) is 0 Å². The highest BCUT2D eigenvalue weighted by Gasteiger charge is 2.28. The van der Waals surface area contributed by atoms with Crippen LogP contribution in [-0.4, -0.2) is 20.2 Å². The van der Waals surface area contributed by atoms with E-state index < -0.39 is 15.6 Å². The number of hydrogen-bond acceptors (Lipinski definition) is 3. The van der Waals surface area contributed by atoms with Gasteiger partial charge < -0.3 is 5.73 Å². The fraction of sp³-hybridized carbons (Fsp3) is 0.400. The molecule has 1 atom stereocenters. The molecule has 16 heavy (non-hydrogen) atoms. The molecular formula is C10H13F2NO2S. The van der Waals surface area contributed by atoms with Gasteiger partial charge in [-0.15, -0.1) is 0 Å². The van der Waals surface area contributed by atoms with Crippen molar-refractivity contribution in [1.29, 1.82) is 0 Å². The smallest absolute Gasteiger partial charge is 0.328 e. The first-order chi connectivity index (χ1) is 7.35. The van der Waals surface area contributed by atoms with Crippen LogP contribution in [0.4, 0.5) is 8.78 Å². The van der Waals surface area contributed by atoms with Crippen LogP contribution in [-0.2, 0) is 16.3 Å². The van der Waals surface area contributed by atoms with Gasteiger partial charge in [-0.05, 0) is 25.0 Å². The molecule has 0 bridgehead atoms. The Bertz CT molecular complexity index is 458. The molecule has 1 aromatic carbocycles. The predicted octanol–water partition coefficient (Wildman–Crippen LogP) is 1.57. The molecule has 0 spiro atoms. The van der Waals surface area contributed by atoms with Crippen molar-refractivity contribution in [1.82, 2.24) is 0 Å². The second-order valence-electron chi connectivity index (χ2n) is 3.59. The van der Waals surface area contributed by atoms with Crippen LogP contribution in [0.25, 0.3) is 0 Å². The molecule has 6 heteroatoms. The zero-order chi connectivity index (χ0) is 12.3. The lowest BCUT2D eigenvalue weighted by atomic mass is 10.1. The standard InChI is InChI=1S/C10H13F2NO2S/c1-7(13)6-8-4-2-3-5-9(8)16(14,15)10(11)12/h2-5,7,10H,6,13H2,1H3. The Kier molecular flexibility index (Phi) is 3.98. The lowest BCUT2D eigenvalue weighted by molar-refractivity contribution is 0.234. The maximum atomic E-state index is 12.4. The third-order valence-corrected chi connectivity index (χ3v) is 3.54. The molecule has 0 aliphatic carbocycles. The van der Waals surface area contributed by atoms with Gasteiger partial charge in [0.05, 0.1) is 4.90 Å². The third-order valence-electron chi connectivity index (χ3n) is 2.06. The Morgan fingerprint density at radius 3 is 2.38 bits per heavy atom. The Labute approximate surface area is 93.2 Å². The molecule has 1 aromatic rings. The average Bonchev–Trinajstić information content (AvgIpc) is 2.17. The van der Waals surface area contributed by atoms with Gasteiger partial charge in [0.15, 0.2) is 0 Å². The zero-order valence-electron chi connectivity index (χ0n) is 8.73. The Morgan fingerprint density at radius 2 is 1.88 bits per heavy atom. The molecule has 0 radical (unpaired) electrons. The fourth-order valence-corrected chi connectivity index (χ4v) is 2.37. The van der Waals surface area contributed by atoms with Gasteiger partial charge >= 0.3 is 5.76 Å². The van der Waals surface area contributed by atoms with Crippen molar-refractivity contribution >= 4 is 9.84 Å². The molecule has 1 unspecified atom stereocenters. The van der Waals surface area contributed by atoms with Crippen LogP contribution < -0.4 is 5.73 Å². The van der Waals surface area contributed by atoms with Crippen LogP contribution in [0.3, 0.4) is 0 Å². The van der Waals surface area contributed by atoms with Crippen LogP contribution in [0.2, 0.25) is 0 Å². The molecule has 0 aliphatic rings. The highest BCUT2D eigenvalue weighted by Crippen LogP contribution is 2.22. The van der Waals surface area contributed by atoms with Crippen LogP contribution in [0.1, 0.15) is 12.5 Å². The van der Waals surface area contributed by atoms with Crippen molar-refractivity contribution in [2.24, 2.45) is 5.73 Å². The first-order valence-electron chi connectivity index (χ1n) is 4.71. The summed E-state index contributed by atoms with van der Waals surface area (Å²) in [4.78, 5) is -0.331. The Hall–Kier alpha value is -1.01. The largest absolute Gasteiger partial charge is 0.341 e. The van der Waals surface area contributed by atoms with E-state index in [4.69, 9.17) is 5.73 Å². The van der Waals surface area contributed by atoms with E-state index in [0.717, 1.165) is 0 Å². The first kappa shape index (κ1) is 13.1. The summed E-state index contributed by atoms with van der Waals surface area (Å²) in [5.74, 6) is -3.40. The zero-order valence-corrected chi connectivity index (χ0v) is 9.55. The number of benzene rings is 1. The van der Waals surface area contributed by atoms with Crippen LogP contribution in [0.5, 0.6) is 0 Å². The molecule has 90 valence electrons. The van der Waals surface area contributed by atoms with E-state index in [9.17, 15) is 17.2 Å². The summed E-state index contributed by atoms with van der Waals surface area (Å²) in [5, 5.41) is 0. The van der Waals surface area contributed by atoms with E-state index in [2.05, 4.69) is 0 Å². The summed E-state index contributed by atoms with van der Waals surface area (Å²) in [6, 6.07) is 5.41. The van der Waals surface area contributed by atoms with E-state index in [1.54, 1.807) is 13.0 Å². The molecule has 0 heterocycles.